The average molecular weight is 390 g/mol. The molecule has 1 unspecified atom stereocenters. The summed E-state index contributed by atoms with van der Waals surface area (Å²) in [5, 5.41) is 4.11. The number of halogens is 2. The van der Waals surface area contributed by atoms with Crippen LogP contribution in [0.4, 0.5) is 10.5 Å². The molecule has 0 aliphatic carbocycles. The first-order valence-electron chi connectivity index (χ1n) is 7.44. The van der Waals surface area contributed by atoms with Gasteiger partial charge in [0.15, 0.2) is 0 Å². The van der Waals surface area contributed by atoms with Crippen LogP contribution in [0.3, 0.4) is 0 Å². The fraction of sp³-hybridized carbons (Fsp3) is 0.562. The minimum absolute atomic E-state index is 0.207. The van der Waals surface area contributed by atoms with Gasteiger partial charge in [0.05, 0.1) is 5.02 Å². The Kier molecular flexibility index (Phi) is 5.61. The molecule has 1 saturated heterocycles. The molecule has 0 saturated carbocycles. The average Bonchev–Trinajstić information content (AvgIpc) is 2.41. The largest absolute Gasteiger partial charge is 0.444 e. The van der Waals surface area contributed by atoms with Crippen molar-refractivity contribution in [3.05, 3.63) is 27.7 Å². The Labute approximate surface area is 145 Å². The van der Waals surface area contributed by atoms with Gasteiger partial charge in [0.25, 0.3) is 0 Å². The quantitative estimate of drug-likeness (QED) is 0.781. The number of piperidine rings is 1. The molecule has 4 nitrogen and oxygen atoms in total. The highest BCUT2D eigenvalue weighted by atomic mass is 79.9. The number of nitrogens with one attached hydrogen (secondary N) is 1. The van der Waals surface area contributed by atoms with Crippen molar-refractivity contribution >= 4 is 39.3 Å². The first kappa shape index (κ1) is 17.4. The number of likely N-dealkylation sites (tertiary alicyclic amines) is 1. The van der Waals surface area contributed by atoms with E-state index in [1.165, 1.54) is 0 Å². The smallest absolute Gasteiger partial charge is 0.410 e. The van der Waals surface area contributed by atoms with Crippen molar-refractivity contribution in [3.8, 4) is 0 Å². The summed E-state index contributed by atoms with van der Waals surface area (Å²) < 4.78 is 6.32. The predicted octanol–water partition coefficient (Wildman–Crippen LogP) is 4.91. The third-order valence-corrected chi connectivity index (χ3v) is 4.60. The summed E-state index contributed by atoms with van der Waals surface area (Å²) in [4.78, 5) is 13.9. The zero-order valence-corrected chi connectivity index (χ0v) is 15.5. The molecule has 1 N–H and O–H groups in total. The lowest BCUT2D eigenvalue weighted by Crippen LogP contribution is -2.46. The standard InChI is InChI=1S/C16H22BrClN2O2/c1-16(2,3)22-15(21)20-8-4-5-12(10-20)19-11-6-7-13(17)14(18)9-11/h6-7,9,12,19H,4-5,8,10H2,1-3H3. The monoisotopic (exact) mass is 388 g/mol. The molecule has 0 radical (unpaired) electrons. The van der Waals surface area contributed by atoms with E-state index in [2.05, 4.69) is 21.2 Å². The molecule has 0 aromatic heterocycles. The highest BCUT2D eigenvalue weighted by molar-refractivity contribution is 9.10. The Morgan fingerprint density at radius 3 is 2.82 bits per heavy atom. The van der Waals surface area contributed by atoms with E-state index in [1.807, 2.05) is 39.0 Å². The molecule has 1 atom stereocenters. The van der Waals surface area contributed by atoms with Crippen LogP contribution in [0.1, 0.15) is 33.6 Å². The Morgan fingerprint density at radius 1 is 1.45 bits per heavy atom. The molecule has 1 heterocycles. The summed E-state index contributed by atoms with van der Waals surface area (Å²) in [6.45, 7) is 7.04. The molecule has 122 valence electrons. The molecule has 1 fully saturated rings. The highest BCUT2D eigenvalue weighted by Gasteiger charge is 2.27. The summed E-state index contributed by atoms with van der Waals surface area (Å²) in [7, 11) is 0. The van der Waals surface area contributed by atoms with Crippen molar-refractivity contribution in [1.82, 2.24) is 4.90 Å². The maximum Gasteiger partial charge on any atom is 0.410 e. The Balaban J connectivity index is 1.95. The third-order valence-electron chi connectivity index (χ3n) is 3.36. The molecule has 2 rings (SSSR count). The van der Waals surface area contributed by atoms with Crippen LogP contribution in [0.15, 0.2) is 22.7 Å². The second kappa shape index (κ2) is 7.09. The van der Waals surface area contributed by atoms with Gasteiger partial charge in [-0.2, -0.15) is 0 Å². The lowest BCUT2D eigenvalue weighted by atomic mass is 10.1. The molecule has 22 heavy (non-hydrogen) atoms. The number of nitrogens with zero attached hydrogens (tertiary/aromatic N) is 1. The molecule has 1 aliphatic heterocycles. The van der Waals surface area contributed by atoms with Gasteiger partial charge in [-0.05, 0) is 67.7 Å². The number of amides is 1. The van der Waals surface area contributed by atoms with E-state index >= 15 is 0 Å². The topological polar surface area (TPSA) is 41.6 Å². The van der Waals surface area contributed by atoms with Crippen LogP contribution in [0.2, 0.25) is 5.02 Å². The number of hydrogen-bond acceptors (Lipinski definition) is 3. The Morgan fingerprint density at radius 2 is 2.18 bits per heavy atom. The lowest BCUT2D eigenvalue weighted by molar-refractivity contribution is 0.0206. The number of carbonyl (C=O) groups is 1. The molecule has 1 amide bonds. The van der Waals surface area contributed by atoms with Gasteiger partial charge >= 0.3 is 6.09 Å². The van der Waals surface area contributed by atoms with E-state index in [0.29, 0.717) is 11.6 Å². The van der Waals surface area contributed by atoms with E-state index in [-0.39, 0.29) is 12.1 Å². The molecule has 0 bridgehead atoms. The van der Waals surface area contributed by atoms with Crippen molar-refractivity contribution in [2.75, 3.05) is 18.4 Å². The van der Waals surface area contributed by atoms with Crippen molar-refractivity contribution < 1.29 is 9.53 Å². The van der Waals surface area contributed by atoms with Gasteiger partial charge in [0.1, 0.15) is 5.60 Å². The maximum absolute atomic E-state index is 12.2. The van der Waals surface area contributed by atoms with Gasteiger partial charge in [-0.15, -0.1) is 0 Å². The second-order valence-electron chi connectivity index (χ2n) is 6.54. The van der Waals surface area contributed by atoms with E-state index < -0.39 is 5.60 Å². The molecule has 0 spiro atoms. The van der Waals surface area contributed by atoms with Crippen molar-refractivity contribution in [1.29, 1.82) is 0 Å². The van der Waals surface area contributed by atoms with Crippen LogP contribution in [0.5, 0.6) is 0 Å². The lowest BCUT2D eigenvalue weighted by Gasteiger charge is -2.34. The SMILES string of the molecule is CC(C)(C)OC(=O)N1CCCC(Nc2ccc(Br)c(Cl)c2)C1. The fourth-order valence-corrected chi connectivity index (χ4v) is 2.84. The summed E-state index contributed by atoms with van der Waals surface area (Å²) in [6.07, 6.45) is 1.74. The number of anilines is 1. The molecule has 1 aliphatic rings. The third kappa shape index (κ3) is 5.06. The van der Waals surface area contributed by atoms with E-state index in [9.17, 15) is 4.79 Å². The Bertz CT molecular complexity index is 545. The minimum atomic E-state index is -0.462. The van der Waals surface area contributed by atoms with Crippen molar-refractivity contribution in [2.45, 2.75) is 45.3 Å². The fourth-order valence-electron chi connectivity index (χ4n) is 2.41. The zero-order chi connectivity index (χ0) is 16.3. The van der Waals surface area contributed by atoms with Crippen LogP contribution in [0, 0.1) is 0 Å². The van der Waals surface area contributed by atoms with Crippen LogP contribution in [0.25, 0.3) is 0 Å². The number of benzene rings is 1. The Hall–Kier alpha value is -0.940. The molecule has 6 heteroatoms. The number of carbonyl (C=O) groups excluding carboxylic acids is 1. The van der Waals surface area contributed by atoms with E-state index in [0.717, 1.165) is 29.5 Å². The first-order valence-corrected chi connectivity index (χ1v) is 8.61. The normalized spacial score (nSPS) is 19.0. The van der Waals surface area contributed by atoms with Gasteiger partial charge < -0.3 is 15.0 Å². The van der Waals surface area contributed by atoms with E-state index in [4.69, 9.17) is 16.3 Å². The summed E-state index contributed by atoms with van der Waals surface area (Å²) in [6, 6.07) is 5.98. The summed E-state index contributed by atoms with van der Waals surface area (Å²) >= 11 is 9.49. The first-order chi connectivity index (χ1) is 10.2. The van der Waals surface area contributed by atoms with Crippen LogP contribution < -0.4 is 5.32 Å². The van der Waals surface area contributed by atoms with Gasteiger partial charge in [-0.1, -0.05) is 11.6 Å². The molecular formula is C16H22BrClN2O2. The zero-order valence-electron chi connectivity index (χ0n) is 13.2. The minimum Gasteiger partial charge on any atom is -0.444 e. The van der Waals surface area contributed by atoms with Crippen LogP contribution >= 0.6 is 27.5 Å². The van der Waals surface area contributed by atoms with E-state index in [1.54, 1.807) is 4.90 Å². The highest BCUT2D eigenvalue weighted by Crippen LogP contribution is 2.27. The van der Waals surface area contributed by atoms with Crippen molar-refractivity contribution in [2.24, 2.45) is 0 Å². The molecule has 1 aromatic carbocycles. The maximum atomic E-state index is 12.2. The predicted molar refractivity (Wildman–Crippen MR) is 93.6 cm³/mol. The summed E-state index contributed by atoms with van der Waals surface area (Å²) in [5.74, 6) is 0. The summed E-state index contributed by atoms with van der Waals surface area (Å²) in [5.41, 5.74) is 0.501. The van der Waals surface area contributed by atoms with Crippen LogP contribution in [-0.4, -0.2) is 35.7 Å². The van der Waals surface area contributed by atoms with Crippen molar-refractivity contribution in [3.63, 3.8) is 0 Å². The van der Waals surface area contributed by atoms with Gasteiger partial charge in [-0.25, -0.2) is 4.79 Å². The van der Waals surface area contributed by atoms with Gasteiger partial charge in [0.2, 0.25) is 0 Å². The second-order valence-corrected chi connectivity index (χ2v) is 7.80. The molecular weight excluding hydrogens is 368 g/mol. The van der Waals surface area contributed by atoms with Crippen LogP contribution in [-0.2, 0) is 4.74 Å². The number of ether oxygens (including phenoxy) is 1. The van der Waals surface area contributed by atoms with Gasteiger partial charge in [-0.3, -0.25) is 0 Å². The van der Waals surface area contributed by atoms with Gasteiger partial charge in [0, 0.05) is 29.3 Å². The number of rotatable bonds is 2. The molecule has 1 aromatic rings. The number of hydrogen-bond donors (Lipinski definition) is 1.